The molecule has 0 atom stereocenters. The fraction of sp³-hybridized carbons (Fsp3) is 0.556. The van der Waals surface area contributed by atoms with Crippen molar-refractivity contribution in [3.8, 4) is 0 Å². The van der Waals surface area contributed by atoms with Crippen molar-refractivity contribution >= 4 is 29.9 Å². The molecule has 0 saturated heterocycles. The molecule has 134 valence electrons. The molecular weight excluding hydrogens is 326 g/mol. The van der Waals surface area contributed by atoms with Gasteiger partial charge in [0, 0.05) is 31.8 Å². The van der Waals surface area contributed by atoms with E-state index in [1.807, 2.05) is 0 Å². The monoisotopic (exact) mass is 353 g/mol. The van der Waals surface area contributed by atoms with Crippen molar-refractivity contribution in [1.82, 2.24) is 4.90 Å². The Morgan fingerprint density at radius 3 is 2.46 bits per heavy atom. The fourth-order valence-electron chi connectivity index (χ4n) is 3.29. The molecule has 0 spiro atoms. The maximum atomic E-state index is 12.4. The minimum absolute atomic E-state index is 0. The van der Waals surface area contributed by atoms with Gasteiger partial charge in [0.1, 0.15) is 0 Å². The highest BCUT2D eigenvalue weighted by Gasteiger charge is 2.32. The lowest BCUT2D eigenvalue weighted by Gasteiger charge is -2.35. The average molecular weight is 354 g/mol. The predicted molar refractivity (Wildman–Crippen MR) is 99.5 cm³/mol. The quantitative estimate of drug-likeness (QED) is 0.854. The van der Waals surface area contributed by atoms with E-state index >= 15 is 0 Å². The van der Waals surface area contributed by atoms with Gasteiger partial charge in [0.2, 0.25) is 5.91 Å². The Morgan fingerprint density at radius 2 is 1.88 bits per heavy atom. The summed E-state index contributed by atoms with van der Waals surface area (Å²) in [6.07, 6.45) is 6.04. The van der Waals surface area contributed by atoms with Crippen LogP contribution in [0.4, 0.5) is 5.69 Å². The first-order valence-electron chi connectivity index (χ1n) is 8.27. The van der Waals surface area contributed by atoms with Crippen molar-refractivity contribution in [2.45, 2.75) is 38.5 Å². The van der Waals surface area contributed by atoms with E-state index in [1.165, 1.54) is 11.3 Å². The van der Waals surface area contributed by atoms with Crippen LogP contribution in [0.15, 0.2) is 24.3 Å². The molecule has 2 rings (SSSR count). The lowest BCUT2D eigenvalue weighted by Crippen LogP contribution is -2.36. The molecule has 0 aromatic heterocycles. The molecule has 1 fully saturated rings. The van der Waals surface area contributed by atoms with Crippen LogP contribution < -0.4 is 11.1 Å². The van der Waals surface area contributed by atoms with E-state index in [0.717, 1.165) is 25.7 Å². The zero-order valence-corrected chi connectivity index (χ0v) is 15.3. The van der Waals surface area contributed by atoms with E-state index in [1.54, 1.807) is 38.4 Å². The van der Waals surface area contributed by atoms with E-state index < -0.39 is 0 Å². The number of hydrogen-bond acceptors (Lipinski definition) is 3. The van der Waals surface area contributed by atoms with Crippen LogP contribution >= 0.6 is 12.4 Å². The summed E-state index contributed by atoms with van der Waals surface area (Å²) in [5.74, 6) is -0.0985. The zero-order chi connectivity index (χ0) is 16.9. The Morgan fingerprint density at radius 1 is 1.21 bits per heavy atom. The highest BCUT2D eigenvalue weighted by molar-refractivity contribution is 5.97. The van der Waals surface area contributed by atoms with Gasteiger partial charge in [0.05, 0.1) is 0 Å². The Labute approximate surface area is 150 Å². The number of anilines is 1. The predicted octanol–water partition coefficient (Wildman–Crippen LogP) is 3.05. The molecule has 5 nitrogen and oxygen atoms in total. The molecule has 24 heavy (non-hydrogen) atoms. The molecule has 0 radical (unpaired) electrons. The van der Waals surface area contributed by atoms with Crippen LogP contribution in [-0.2, 0) is 4.79 Å². The topological polar surface area (TPSA) is 75.4 Å². The van der Waals surface area contributed by atoms with E-state index in [2.05, 4.69) is 5.32 Å². The maximum absolute atomic E-state index is 12.4. The molecule has 6 heteroatoms. The van der Waals surface area contributed by atoms with Crippen LogP contribution in [0.3, 0.4) is 0 Å². The standard InChI is InChI=1S/C18H27N3O2.ClH/c1-21(2)17(23)14-7-6-8-15(11-14)20-16(22)12-18(13-19)9-4-3-5-10-18;/h6-8,11H,3-5,9-10,12-13,19H2,1-2H3,(H,20,22);1H. The van der Waals surface area contributed by atoms with Crippen molar-refractivity contribution in [3.05, 3.63) is 29.8 Å². The van der Waals surface area contributed by atoms with Crippen LogP contribution in [0.25, 0.3) is 0 Å². The van der Waals surface area contributed by atoms with Gasteiger partial charge in [-0.3, -0.25) is 9.59 Å². The summed E-state index contributed by atoms with van der Waals surface area (Å²) in [6, 6.07) is 7.06. The molecule has 1 aliphatic carbocycles. The molecule has 1 aromatic carbocycles. The summed E-state index contributed by atoms with van der Waals surface area (Å²) in [5.41, 5.74) is 7.12. The molecule has 0 unspecified atom stereocenters. The molecule has 2 amide bonds. The first-order chi connectivity index (χ1) is 11.0. The minimum Gasteiger partial charge on any atom is -0.345 e. The number of hydrogen-bond donors (Lipinski definition) is 2. The van der Waals surface area contributed by atoms with Crippen molar-refractivity contribution in [3.63, 3.8) is 0 Å². The molecule has 1 aromatic rings. The third kappa shape index (κ3) is 5.21. The first kappa shape index (κ1) is 20.5. The molecule has 0 bridgehead atoms. The van der Waals surface area contributed by atoms with Gasteiger partial charge >= 0.3 is 0 Å². The number of benzene rings is 1. The fourth-order valence-corrected chi connectivity index (χ4v) is 3.29. The highest BCUT2D eigenvalue weighted by Crippen LogP contribution is 2.38. The molecular formula is C18H28ClN3O2. The number of carbonyl (C=O) groups is 2. The lowest BCUT2D eigenvalue weighted by molar-refractivity contribution is -0.118. The summed E-state index contributed by atoms with van der Waals surface area (Å²) in [6.45, 7) is 0.555. The maximum Gasteiger partial charge on any atom is 0.253 e. The van der Waals surface area contributed by atoms with Gasteiger partial charge in [-0.25, -0.2) is 0 Å². The number of nitrogens with zero attached hydrogens (tertiary/aromatic N) is 1. The van der Waals surface area contributed by atoms with Gasteiger partial charge in [0.25, 0.3) is 5.91 Å². The number of halogens is 1. The minimum atomic E-state index is -0.0770. The van der Waals surface area contributed by atoms with E-state index in [4.69, 9.17) is 5.73 Å². The van der Waals surface area contributed by atoms with Gasteiger partial charge in [-0.05, 0) is 43.0 Å². The SMILES string of the molecule is CN(C)C(=O)c1cccc(NC(=O)CC2(CN)CCCCC2)c1.Cl. The van der Waals surface area contributed by atoms with Gasteiger partial charge in [-0.2, -0.15) is 0 Å². The van der Waals surface area contributed by atoms with Crippen LogP contribution in [0.1, 0.15) is 48.9 Å². The van der Waals surface area contributed by atoms with Gasteiger partial charge < -0.3 is 16.0 Å². The summed E-state index contributed by atoms with van der Waals surface area (Å²) in [7, 11) is 3.42. The second kappa shape index (κ2) is 9.04. The van der Waals surface area contributed by atoms with Crippen LogP contribution in [0, 0.1) is 5.41 Å². The average Bonchev–Trinajstić information content (AvgIpc) is 2.55. The summed E-state index contributed by atoms with van der Waals surface area (Å²) >= 11 is 0. The van der Waals surface area contributed by atoms with Crippen LogP contribution in [0.2, 0.25) is 0 Å². The van der Waals surface area contributed by atoms with E-state index in [0.29, 0.717) is 24.2 Å². The summed E-state index contributed by atoms with van der Waals surface area (Å²) in [4.78, 5) is 25.9. The van der Waals surface area contributed by atoms with Gasteiger partial charge in [0.15, 0.2) is 0 Å². The first-order valence-corrected chi connectivity index (χ1v) is 8.27. The van der Waals surface area contributed by atoms with Crippen molar-refractivity contribution in [2.75, 3.05) is 26.0 Å². The number of amides is 2. The third-order valence-corrected chi connectivity index (χ3v) is 4.68. The zero-order valence-electron chi connectivity index (χ0n) is 14.5. The van der Waals surface area contributed by atoms with E-state index in [9.17, 15) is 9.59 Å². The van der Waals surface area contributed by atoms with Crippen molar-refractivity contribution in [2.24, 2.45) is 11.1 Å². The van der Waals surface area contributed by atoms with Crippen molar-refractivity contribution < 1.29 is 9.59 Å². The molecule has 1 aliphatic rings. The number of carbonyl (C=O) groups excluding carboxylic acids is 2. The molecule has 3 N–H and O–H groups in total. The molecule has 0 heterocycles. The molecule has 0 aliphatic heterocycles. The smallest absolute Gasteiger partial charge is 0.253 e. The van der Waals surface area contributed by atoms with Gasteiger partial charge in [-0.1, -0.05) is 25.3 Å². The Hall–Kier alpha value is -1.59. The number of rotatable bonds is 5. The molecule has 1 saturated carbocycles. The number of nitrogens with two attached hydrogens (primary N) is 1. The summed E-state index contributed by atoms with van der Waals surface area (Å²) in [5, 5.41) is 2.92. The largest absolute Gasteiger partial charge is 0.345 e. The van der Waals surface area contributed by atoms with Crippen molar-refractivity contribution in [1.29, 1.82) is 0 Å². The normalized spacial score (nSPS) is 16.0. The lowest BCUT2D eigenvalue weighted by atomic mass is 9.71. The Kier molecular flexibility index (Phi) is 7.70. The second-order valence-corrected chi connectivity index (χ2v) is 6.77. The Bertz CT molecular complexity index is 569. The van der Waals surface area contributed by atoms with Gasteiger partial charge in [-0.15, -0.1) is 12.4 Å². The van der Waals surface area contributed by atoms with Crippen LogP contribution in [0.5, 0.6) is 0 Å². The highest BCUT2D eigenvalue weighted by atomic mass is 35.5. The second-order valence-electron chi connectivity index (χ2n) is 6.77. The van der Waals surface area contributed by atoms with E-state index in [-0.39, 0.29) is 29.6 Å². The number of nitrogens with one attached hydrogen (secondary N) is 1. The summed E-state index contributed by atoms with van der Waals surface area (Å²) < 4.78 is 0. The Balaban J connectivity index is 0.00000288. The van der Waals surface area contributed by atoms with Crippen LogP contribution in [-0.4, -0.2) is 37.4 Å². The third-order valence-electron chi connectivity index (χ3n) is 4.68.